The minimum atomic E-state index is -0.160. The van der Waals surface area contributed by atoms with Crippen molar-refractivity contribution in [2.24, 2.45) is 0 Å². The molecule has 1 N–H and O–H groups in total. The van der Waals surface area contributed by atoms with Gasteiger partial charge in [0.15, 0.2) is 0 Å². The molecule has 0 amide bonds. The quantitative estimate of drug-likeness (QED) is 0.764. The Balaban J connectivity index is 1.93. The summed E-state index contributed by atoms with van der Waals surface area (Å²) in [5.74, 6) is 1.44. The highest BCUT2D eigenvalue weighted by molar-refractivity contribution is 5.78. The molecule has 3 rings (SSSR count). The second-order valence-corrected chi connectivity index (χ2v) is 5.56. The summed E-state index contributed by atoms with van der Waals surface area (Å²) in [6.45, 7) is 2.10. The van der Waals surface area contributed by atoms with Gasteiger partial charge in [-0.05, 0) is 44.4 Å². The molecular formula is C16H20O2. The molecule has 1 aliphatic carbocycles. The SMILES string of the molecule is Cc1ccc2oc(C3CCCCC(O)C3)cc2c1. The molecule has 2 nitrogen and oxygen atoms in total. The number of aryl methyl sites for hydroxylation is 1. The van der Waals surface area contributed by atoms with E-state index in [1.807, 2.05) is 6.07 Å². The van der Waals surface area contributed by atoms with E-state index in [9.17, 15) is 5.11 Å². The average Bonchev–Trinajstić information content (AvgIpc) is 2.63. The molecule has 0 saturated heterocycles. The second kappa shape index (κ2) is 4.77. The lowest BCUT2D eigenvalue weighted by molar-refractivity contribution is 0.149. The monoisotopic (exact) mass is 244 g/mol. The molecule has 0 radical (unpaired) electrons. The lowest BCUT2D eigenvalue weighted by atomic mass is 9.96. The Morgan fingerprint density at radius 2 is 2.00 bits per heavy atom. The molecule has 2 atom stereocenters. The lowest BCUT2D eigenvalue weighted by Crippen LogP contribution is -2.08. The first kappa shape index (κ1) is 11.8. The molecule has 0 spiro atoms. The van der Waals surface area contributed by atoms with Gasteiger partial charge in [-0.25, -0.2) is 0 Å². The van der Waals surface area contributed by atoms with Crippen LogP contribution in [0.5, 0.6) is 0 Å². The number of aliphatic hydroxyl groups excluding tert-OH is 1. The summed E-state index contributed by atoms with van der Waals surface area (Å²) in [5.41, 5.74) is 2.23. The van der Waals surface area contributed by atoms with Gasteiger partial charge in [-0.15, -0.1) is 0 Å². The van der Waals surface area contributed by atoms with Crippen LogP contribution in [0.15, 0.2) is 28.7 Å². The van der Waals surface area contributed by atoms with Crippen LogP contribution < -0.4 is 0 Å². The van der Waals surface area contributed by atoms with E-state index in [2.05, 4.69) is 25.1 Å². The molecule has 1 aromatic carbocycles. The fraction of sp³-hybridized carbons (Fsp3) is 0.500. The van der Waals surface area contributed by atoms with E-state index in [1.54, 1.807) is 0 Å². The molecule has 18 heavy (non-hydrogen) atoms. The first-order valence-electron chi connectivity index (χ1n) is 6.90. The molecule has 96 valence electrons. The Morgan fingerprint density at radius 1 is 1.17 bits per heavy atom. The number of aliphatic hydroxyl groups is 1. The zero-order chi connectivity index (χ0) is 12.5. The molecular weight excluding hydrogens is 224 g/mol. The Labute approximate surface area is 108 Å². The first-order chi connectivity index (χ1) is 8.72. The van der Waals surface area contributed by atoms with Crippen molar-refractivity contribution < 1.29 is 9.52 Å². The summed E-state index contributed by atoms with van der Waals surface area (Å²) in [4.78, 5) is 0. The fourth-order valence-corrected chi connectivity index (χ4v) is 2.98. The highest BCUT2D eigenvalue weighted by Crippen LogP contribution is 2.35. The van der Waals surface area contributed by atoms with Crippen molar-refractivity contribution >= 4 is 11.0 Å². The van der Waals surface area contributed by atoms with Crippen molar-refractivity contribution in [1.82, 2.24) is 0 Å². The van der Waals surface area contributed by atoms with E-state index in [0.29, 0.717) is 5.92 Å². The number of hydrogen-bond acceptors (Lipinski definition) is 2. The largest absolute Gasteiger partial charge is 0.461 e. The third-order valence-corrected chi connectivity index (χ3v) is 3.99. The van der Waals surface area contributed by atoms with Crippen LogP contribution in [0.2, 0.25) is 0 Å². The summed E-state index contributed by atoms with van der Waals surface area (Å²) in [5, 5.41) is 11.1. The zero-order valence-electron chi connectivity index (χ0n) is 10.9. The fourth-order valence-electron chi connectivity index (χ4n) is 2.98. The normalized spacial score (nSPS) is 25.2. The zero-order valence-corrected chi connectivity index (χ0v) is 10.9. The van der Waals surface area contributed by atoms with E-state index in [-0.39, 0.29) is 6.10 Å². The number of fused-ring (bicyclic) bond motifs is 1. The summed E-state index contributed by atoms with van der Waals surface area (Å²) in [6, 6.07) is 8.44. The van der Waals surface area contributed by atoms with Crippen molar-refractivity contribution in [3.63, 3.8) is 0 Å². The van der Waals surface area contributed by atoms with Crippen molar-refractivity contribution in [2.75, 3.05) is 0 Å². The maximum absolute atomic E-state index is 9.90. The molecule has 1 aromatic heterocycles. The molecule has 0 aliphatic heterocycles. The van der Waals surface area contributed by atoms with E-state index in [1.165, 1.54) is 17.4 Å². The van der Waals surface area contributed by atoms with Gasteiger partial charge < -0.3 is 9.52 Å². The van der Waals surface area contributed by atoms with Crippen LogP contribution in [0.25, 0.3) is 11.0 Å². The van der Waals surface area contributed by atoms with Gasteiger partial charge in [-0.1, -0.05) is 24.5 Å². The Hall–Kier alpha value is -1.28. The highest BCUT2D eigenvalue weighted by atomic mass is 16.3. The molecule has 1 saturated carbocycles. The molecule has 2 heteroatoms. The topological polar surface area (TPSA) is 33.4 Å². The van der Waals surface area contributed by atoms with Gasteiger partial charge in [0.25, 0.3) is 0 Å². The molecule has 1 fully saturated rings. The smallest absolute Gasteiger partial charge is 0.134 e. The Kier molecular flexibility index (Phi) is 3.13. The molecule has 2 unspecified atom stereocenters. The highest BCUT2D eigenvalue weighted by Gasteiger charge is 2.22. The third-order valence-electron chi connectivity index (χ3n) is 3.99. The van der Waals surface area contributed by atoms with Gasteiger partial charge in [-0.2, -0.15) is 0 Å². The van der Waals surface area contributed by atoms with E-state index < -0.39 is 0 Å². The maximum Gasteiger partial charge on any atom is 0.134 e. The summed E-state index contributed by atoms with van der Waals surface area (Å²) in [7, 11) is 0. The molecule has 1 aliphatic rings. The Bertz CT molecular complexity index is 541. The van der Waals surface area contributed by atoms with Gasteiger partial charge in [-0.3, -0.25) is 0 Å². The summed E-state index contributed by atoms with van der Waals surface area (Å²) < 4.78 is 5.96. The van der Waals surface area contributed by atoms with Crippen LogP contribution >= 0.6 is 0 Å². The van der Waals surface area contributed by atoms with Gasteiger partial charge in [0, 0.05) is 11.3 Å². The van der Waals surface area contributed by atoms with Crippen molar-refractivity contribution in [1.29, 1.82) is 0 Å². The van der Waals surface area contributed by atoms with Gasteiger partial charge in [0.2, 0.25) is 0 Å². The summed E-state index contributed by atoms with van der Waals surface area (Å²) in [6.07, 6.45) is 5.09. The minimum Gasteiger partial charge on any atom is -0.461 e. The Morgan fingerprint density at radius 3 is 2.89 bits per heavy atom. The van der Waals surface area contributed by atoms with Crippen LogP contribution in [0.3, 0.4) is 0 Å². The number of rotatable bonds is 1. The van der Waals surface area contributed by atoms with Crippen LogP contribution in [0, 0.1) is 6.92 Å². The van der Waals surface area contributed by atoms with Gasteiger partial charge >= 0.3 is 0 Å². The molecule has 0 bridgehead atoms. The van der Waals surface area contributed by atoms with Crippen LogP contribution in [0.1, 0.15) is 49.3 Å². The summed E-state index contributed by atoms with van der Waals surface area (Å²) >= 11 is 0. The number of hydrogen-bond donors (Lipinski definition) is 1. The number of benzene rings is 1. The van der Waals surface area contributed by atoms with Crippen molar-refractivity contribution in [3.8, 4) is 0 Å². The van der Waals surface area contributed by atoms with Crippen molar-refractivity contribution in [2.45, 2.75) is 51.0 Å². The number of furan rings is 1. The van der Waals surface area contributed by atoms with Crippen LogP contribution in [-0.4, -0.2) is 11.2 Å². The first-order valence-corrected chi connectivity index (χ1v) is 6.90. The standard InChI is InChI=1S/C16H20O2/c1-11-6-7-15-13(8-11)10-16(18-15)12-4-2-3-5-14(17)9-12/h6-8,10,12,14,17H,2-5,9H2,1H3. The van der Waals surface area contributed by atoms with Crippen LogP contribution in [0.4, 0.5) is 0 Å². The van der Waals surface area contributed by atoms with Gasteiger partial charge in [0.1, 0.15) is 11.3 Å². The van der Waals surface area contributed by atoms with E-state index >= 15 is 0 Å². The van der Waals surface area contributed by atoms with E-state index in [4.69, 9.17) is 4.42 Å². The second-order valence-electron chi connectivity index (χ2n) is 5.56. The minimum absolute atomic E-state index is 0.160. The molecule has 1 heterocycles. The molecule has 2 aromatic rings. The third kappa shape index (κ3) is 2.30. The average molecular weight is 244 g/mol. The lowest BCUT2D eigenvalue weighted by Gasteiger charge is -2.13. The van der Waals surface area contributed by atoms with Gasteiger partial charge in [0.05, 0.1) is 6.10 Å². The van der Waals surface area contributed by atoms with E-state index in [0.717, 1.165) is 37.0 Å². The predicted molar refractivity (Wildman–Crippen MR) is 72.8 cm³/mol. The maximum atomic E-state index is 9.90. The van der Waals surface area contributed by atoms with Crippen molar-refractivity contribution in [3.05, 3.63) is 35.6 Å². The predicted octanol–water partition coefficient (Wildman–Crippen LogP) is 4.15. The van der Waals surface area contributed by atoms with Crippen LogP contribution in [-0.2, 0) is 0 Å².